The summed E-state index contributed by atoms with van der Waals surface area (Å²) in [6.45, 7) is 0. The molecule has 1 aliphatic rings. The lowest BCUT2D eigenvalue weighted by atomic mass is 9.65. The van der Waals surface area contributed by atoms with E-state index in [0.717, 1.165) is 28.2 Å². The van der Waals surface area contributed by atoms with E-state index in [0.29, 0.717) is 0 Å². The molecule has 0 atom stereocenters. The number of rotatable bonds is 5. The summed E-state index contributed by atoms with van der Waals surface area (Å²) in [5, 5.41) is 10.1. The van der Waals surface area contributed by atoms with Gasteiger partial charge in [-0.2, -0.15) is 0 Å². The van der Waals surface area contributed by atoms with Gasteiger partial charge in [0.05, 0.1) is 27.8 Å². The van der Waals surface area contributed by atoms with Crippen LogP contribution in [0, 0.1) is 0 Å². The molecule has 0 bridgehead atoms. The molecule has 2 heteroatoms. The molecule has 58 heavy (non-hydrogen) atoms. The third-order valence-corrected chi connectivity index (χ3v) is 12.4. The quantitative estimate of drug-likeness (QED) is 0.157. The molecule has 0 unspecified atom stereocenters. The molecular formula is C56H36N2. The molecule has 0 aliphatic carbocycles. The fourth-order valence-corrected chi connectivity index (χ4v) is 9.90. The molecule has 2 heterocycles. The summed E-state index contributed by atoms with van der Waals surface area (Å²) in [6.07, 6.45) is 0. The van der Waals surface area contributed by atoms with Crippen LogP contribution >= 0.6 is 0 Å². The number of benzene rings is 10. The molecule has 2 nitrogen and oxygen atoms in total. The molecule has 0 saturated carbocycles. The van der Waals surface area contributed by atoms with Gasteiger partial charge in [-0.05, 0) is 96.5 Å². The Morgan fingerprint density at radius 3 is 1.45 bits per heavy atom. The zero-order chi connectivity index (χ0) is 38.2. The number of aromatic nitrogens is 1. The van der Waals surface area contributed by atoms with Crippen molar-refractivity contribution in [1.82, 2.24) is 4.57 Å². The Labute approximate surface area is 336 Å². The summed E-state index contributed by atoms with van der Waals surface area (Å²) in [7, 11) is 0. The van der Waals surface area contributed by atoms with Crippen molar-refractivity contribution in [1.29, 1.82) is 0 Å². The van der Waals surface area contributed by atoms with Crippen LogP contribution in [0.2, 0.25) is 0 Å². The zero-order valence-electron chi connectivity index (χ0n) is 31.7. The van der Waals surface area contributed by atoms with Crippen molar-refractivity contribution in [2.24, 2.45) is 4.99 Å². The van der Waals surface area contributed by atoms with Crippen molar-refractivity contribution in [3.05, 3.63) is 241 Å². The number of nitrogens with zero attached hydrogens (tertiary/aromatic N) is 2. The molecule has 0 fully saturated rings. The highest BCUT2D eigenvalue weighted by Gasteiger charge is 2.47. The largest absolute Gasteiger partial charge is 0.309 e. The highest BCUT2D eigenvalue weighted by atomic mass is 15.0. The average Bonchev–Trinajstić information content (AvgIpc) is 3.82. The minimum Gasteiger partial charge on any atom is -0.309 e. The predicted octanol–water partition coefficient (Wildman–Crippen LogP) is 14.4. The highest BCUT2D eigenvalue weighted by molar-refractivity contribution is 6.26. The van der Waals surface area contributed by atoms with Crippen LogP contribution in [0.1, 0.15) is 22.3 Å². The maximum Gasteiger partial charge on any atom is 0.0901 e. The Balaban J connectivity index is 1.06. The van der Waals surface area contributed by atoms with Gasteiger partial charge in [-0.1, -0.05) is 182 Å². The van der Waals surface area contributed by atoms with Crippen LogP contribution in [-0.2, 0) is 5.41 Å². The molecule has 0 spiro atoms. The Kier molecular flexibility index (Phi) is 7.18. The van der Waals surface area contributed by atoms with E-state index in [1.165, 1.54) is 76.4 Å². The Morgan fingerprint density at radius 2 is 0.828 bits per heavy atom. The number of hydrogen-bond acceptors (Lipinski definition) is 1. The minimum atomic E-state index is -0.621. The Hall–Kier alpha value is -7.55. The fraction of sp³-hybridized carbons (Fsp3) is 0.0179. The van der Waals surface area contributed by atoms with Gasteiger partial charge >= 0.3 is 0 Å². The van der Waals surface area contributed by atoms with Gasteiger partial charge in [-0.3, -0.25) is 4.99 Å². The number of fused-ring (bicyclic) bond motifs is 10. The summed E-state index contributed by atoms with van der Waals surface area (Å²) >= 11 is 0. The molecule has 10 aromatic carbocycles. The van der Waals surface area contributed by atoms with Crippen molar-refractivity contribution in [2.45, 2.75) is 5.41 Å². The van der Waals surface area contributed by atoms with Crippen molar-refractivity contribution in [3.63, 3.8) is 0 Å². The number of para-hydroxylation sites is 1. The first-order valence-corrected chi connectivity index (χ1v) is 20.0. The van der Waals surface area contributed by atoms with Gasteiger partial charge in [0.1, 0.15) is 0 Å². The monoisotopic (exact) mass is 736 g/mol. The SMILES string of the molecule is c1ccc(C2=Nc3cc4c5ccccc5n(-c5ccc(-c6ccc7c8ccccc8c8ccccc8c7c6)cc5)c4cc3C2(c2ccccc2)c2ccccc2)cc1. The second-order valence-electron chi connectivity index (χ2n) is 15.4. The summed E-state index contributed by atoms with van der Waals surface area (Å²) in [5.41, 5.74) is 12.0. The first-order valence-electron chi connectivity index (χ1n) is 20.0. The van der Waals surface area contributed by atoms with Crippen LogP contribution in [0.3, 0.4) is 0 Å². The lowest BCUT2D eigenvalue weighted by Crippen LogP contribution is -2.36. The van der Waals surface area contributed by atoms with Crippen molar-refractivity contribution >= 4 is 65.5 Å². The maximum absolute atomic E-state index is 5.58. The zero-order valence-corrected chi connectivity index (χ0v) is 31.7. The van der Waals surface area contributed by atoms with Crippen LogP contribution in [-0.4, -0.2) is 10.3 Å². The third-order valence-electron chi connectivity index (χ3n) is 12.4. The van der Waals surface area contributed by atoms with Gasteiger partial charge in [0, 0.05) is 22.0 Å². The highest BCUT2D eigenvalue weighted by Crippen LogP contribution is 2.53. The summed E-state index contributed by atoms with van der Waals surface area (Å²) < 4.78 is 2.44. The van der Waals surface area contributed by atoms with Crippen LogP contribution < -0.4 is 0 Å². The Bertz CT molecular complexity index is 3340. The van der Waals surface area contributed by atoms with E-state index in [-0.39, 0.29) is 0 Å². The summed E-state index contributed by atoms with van der Waals surface area (Å²) in [6, 6.07) is 79.7. The summed E-state index contributed by atoms with van der Waals surface area (Å²) in [4.78, 5) is 5.58. The minimum absolute atomic E-state index is 0.621. The lowest BCUT2D eigenvalue weighted by molar-refractivity contribution is 0.851. The topological polar surface area (TPSA) is 17.3 Å². The van der Waals surface area contributed by atoms with Crippen LogP contribution in [0.4, 0.5) is 5.69 Å². The van der Waals surface area contributed by atoms with E-state index < -0.39 is 5.41 Å². The molecule has 12 rings (SSSR count). The second kappa shape index (κ2) is 12.7. The second-order valence-corrected chi connectivity index (χ2v) is 15.4. The van der Waals surface area contributed by atoms with E-state index in [2.05, 4.69) is 223 Å². The average molecular weight is 737 g/mol. The summed E-state index contributed by atoms with van der Waals surface area (Å²) in [5.74, 6) is 0. The molecular weight excluding hydrogens is 701 g/mol. The van der Waals surface area contributed by atoms with Crippen molar-refractivity contribution in [2.75, 3.05) is 0 Å². The lowest BCUT2D eigenvalue weighted by Gasteiger charge is -2.34. The molecule has 0 amide bonds. The van der Waals surface area contributed by atoms with E-state index in [4.69, 9.17) is 4.99 Å². The van der Waals surface area contributed by atoms with Gasteiger partial charge in [0.25, 0.3) is 0 Å². The molecule has 0 N–H and O–H groups in total. The van der Waals surface area contributed by atoms with E-state index >= 15 is 0 Å². The predicted molar refractivity (Wildman–Crippen MR) is 244 cm³/mol. The van der Waals surface area contributed by atoms with Crippen molar-refractivity contribution in [3.8, 4) is 16.8 Å². The van der Waals surface area contributed by atoms with E-state index in [1.807, 2.05) is 0 Å². The molecule has 270 valence electrons. The Morgan fingerprint density at radius 1 is 0.328 bits per heavy atom. The van der Waals surface area contributed by atoms with Crippen LogP contribution in [0.15, 0.2) is 223 Å². The first-order chi connectivity index (χ1) is 28.8. The van der Waals surface area contributed by atoms with Crippen molar-refractivity contribution < 1.29 is 0 Å². The van der Waals surface area contributed by atoms with Gasteiger partial charge in [-0.15, -0.1) is 0 Å². The first kappa shape index (κ1) is 32.7. The number of hydrogen-bond donors (Lipinski definition) is 0. The molecule has 0 saturated heterocycles. The van der Waals surface area contributed by atoms with Gasteiger partial charge in [0.15, 0.2) is 0 Å². The van der Waals surface area contributed by atoms with E-state index in [1.54, 1.807) is 0 Å². The van der Waals surface area contributed by atoms with Gasteiger partial charge in [0.2, 0.25) is 0 Å². The number of aliphatic imine (C=N–C) groups is 1. The van der Waals surface area contributed by atoms with E-state index in [9.17, 15) is 0 Å². The standard InChI is InChI=1S/C56H36N2/c1-4-16-38(17-5-1)55-56(40-18-6-2-7-19-40,41-20-8-3-9-21-41)51-36-54-50(35-52(51)57-55)48-26-14-15-27-53(48)58(54)42-31-28-37(29-32-42)39-30-33-47-45-24-11-10-22-43(45)44-23-12-13-25-46(44)49(47)34-39/h1-36H. The maximum atomic E-state index is 5.58. The smallest absolute Gasteiger partial charge is 0.0901 e. The van der Waals surface area contributed by atoms with Gasteiger partial charge in [-0.25, -0.2) is 0 Å². The van der Waals surface area contributed by atoms with Crippen LogP contribution in [0.25, 0.3) is 70.9 Å². The normalized spacial score (nSPS) is 13.4. The van der Waals surface area contributed by atoms with Gasteiger partial charge < -0.3 is 4.57 Å². The fourth-order valence-electron chi connectivity index (χ4n) is 9.90. The third kappa shape index (κ3) is 4.69. The van der Waals surface area contributed by atoms with Crippen LogP contribution in [0.5, 0.6) is 0 Å². The molecule has 11 aromatic rings. The molecule has 0 radical (unpaired) electrons. The molecule has 1 aromatic heterocycles. The molecule has 1 aliphatic heterocycles.